The molecular weight excluding hydrogens is 248 g/mol. The first kappa shape index (κ1) is 26.8. The molecule has 0 bridgehead atoms. The van der Waals surface area contributed by atoms with E-state index in [1.807, 2.05) is 6.08 Å². The summed E-state index contributed by atoms with van der Waals surface area (Å²) in [5, 5.41) is 7.51. The van der Waals surface area contributed by atoms with Gasteiger partial charge in [-0.3, -0.25) is 0 Å². The molecule has 1 aliphatic carbocycles. The van der Waals surface area contributed by atoms with Crippen molar-refractivity contribution in [2.75, 3.05) is 21.1 Å². The van der Waals surface area contributed by atoms with Gasteiger partial charge in [-0.05, 0) is 58.5 Å². The topological polar surface area (TPSA) is 102 Å². The highest BCUT2D eigenvalue weighted by molar-refractivity contribution is 5.08. The Morgan fingerprint density at radius 1 is 0.950 bits per heavy atom. The van der Waals surface area contributed by atoms with Crippen molar-refractivity contribution in [2.45, 2.75) is 32.1 Å². The predicted octanol–water partition coefficient (Wildman–Crippen LogP) is 2.64. The molecule has 116 valence electrons. The summed E-state index contributed by atoms with van der Waals surface area (Å²) in [5.74, 6) is 0. The van der Waals surface area contributed by atoms with Crippen LogP contribution in [0.15, 0.2) is 42.7 Å². The fraction of sp³-hybridized carbons (Fsp3) is 0.500. The summed E-state index contributed by atoms with van der Waals surface area (Å²) in [5.41, 5.74) is 18.2. The molecule has 1 fully saturated rings. The van der Waals surface area contributed by atoms with E-state index in [4.69, 9.17) is 5.26 Å². The first-order valence-corrected chi connectivity index (χ1v) is 6.64. The van der Waals surface area contributed by atoms with Crippen molar-refractivity contribution in [3.05, 3.63) is 42.7 Å². The van der Waals surface area contributed by atoms with Crippen LogP contribution in [0.1, 0.15) is 32.1 Å². The van der Waals surface area contributed by atoms with Gasteiger partial charge in [0, 0.05) is 6.08 Å². The summed E-state index contributed by atoms with van der Waals surface area (Å²) >= 11 is 0. The molecule has 0 aromatic carbocycles. The van der Waals surface area contributed by atoms with Crippen LogP contribution in [0.5, 0.6) is 0 Å². The molecule has 0 radical (unpaired) electrons. The van der Waals surface area contributed by atoms with Crippen LogP contribution >= 0.6 is 0 Å². The molecule has 0 aromatic heterocycles. The monoisotopic (exact) mass is 280 g/mol. The molecule has 0 aliphatic heterocycles. The average Bonchev–Trinajstić information content (AvgIpc) is 2.59. The smallest absolute Gasteiger partial charge is 0.0905 e. The van der Waals surface area contributed by atoms with Crippen LogP contribution in [-0.4, -0.2) is 21.1 Å². The molecule has 0 heterocycles. The summed E-state index contributed by atoms with van der Waals surface area (Å²) in [6, 6.07) is 1.69. The predicted molar refractivity (Wildman–Crippen MR) is 91.0 cm³/mol. The standard InChI is InChI=1S/C10H14.C3H3N.3CH5N/c1-2-3-7-10-8-5-4-6-9-10;1-2-3-4;3*1-2/h2-3H,1,4-6,8-9H2;2H,1H2;3*2H2,1H3. The number of rotatable bonds is 1. The Morgan fingerprint density at radius 3 is 1.65 bits per heavy atom. The molecule has 4 heteroatoms. The second-order valence-corrected chi connectivity index (χ2v) is 3.04. The van der Waals surface area contributed by atoms with E-state index in [1.54, 1.807) is 12.1 Å². The third kappa shape index (κ3) is 29.9. The van der Waals surface area contributed by atoms with Gasteiger partial charge in [-0.25, -0.2) is 0 Å². The highest BCUT2D eigenvalue weighted by atomic mass is 14.4. The molecule has 1 aliphatic rings. The van der Waals surface area contributed by atoms with Crippen molar-refractivity contribution in [1.82, 2.24) is 0 Å². The van der Waals surface area contributed by atoms with Crippen LogP contribution in [0, 0.1) is 11.3 Å². The van der Waals surface area contributed by atoms with Crippen molar-refractivity contribution < 1.29 is 0 Å². The Morgan fingerprint density at radius 2 is 1.35 bits per heavy atom. The van der Waals surface area contributed by atoms with Crippen molar-refractivity contribution in [2.24, 2.45) is 17.2 Å². The van der Waals surface area contributed by atoms with E-state index in [0.29, 0.717) is 0 Å². The minimum Gasteiger partial charge on any atom is -0.333 e. The minimum absolute atomic E-state index is 1.18. The number of nitrogens with zero attached hydrogens (tertiary/aromatic N) is 1. The molecular formula is C16H32N4. The van der Waals surface area contributed by atoms with E-state index in [0.717, 1.165) is 0 Å². The lowest BCUT2D eigenvalue weighted by molar-refractivity contribution is 0.600. The van der Waals surface area contributed by atoms with E-state index < -0.39 is 0 Å². The fourth-order valence-corrected chi connectivity index (χ4v) is 1.30. The van der Waals surface area contributed by atoms with Gasteiger partial charge in [0.2, 0.25) is 0 Å². The van der Waals surface area contributed by atoms with Gasteiger partial charge in [0.05, 0.1) is 6.07 Å². The molecule has 0 unspecified atom stereocenters. The van der Waals surface area contributed by atoms with Gasteiger partial charge in [0.1, 0.15) is 0 Å². The molecule has 6 N–H and O–H groups in total. The lowest BCUT2D eigenvalue weighted by Gasteiger charge is -2.09. The maximum Gasteiger partial charge on any atom is 0.0905 e. The Kier molecular flexibility index (Phi) is 48.3. The Labute approximate surface area is 125 Å². The first-order valence-electron chi connectivity index (χ1n) is 6.64. The molecule has 0 atom stereocenters. The number of nitrogens with two attached hydrogens (primary N) is 3. The maximum atomic E-state index is 7.51. The van der Waals surface area contributed by atoms with Crippen molar-refractivity contribution in [1.29, 1.82) is 5.26 Å². The maximum absolute atomic E-state index is 7.51. The zero-order chi connectivity index (χ0) is 16.6. The number of hydrogen-bond acceptors (Lipinski definition) is 4. The van der Waals surface area contributed by atoms with Crippen LogP contribution in [0.3, 0.4) is 0 Å². The van der Waals surface area contributed by atoms with Gasteiger partial charge in [0.25, 0.3) is 0 Å². The van der Waals surface area contributed by atoms with Gasteiger partial charge >= 0.3 is 0 Å². The number of hydrogen-bond donors (Lipinski definition) is 3. The third-order valence-electron chi connectivity index (χ3n) is 1.95. The van der Waals surface area contributed by atoms with Crippen LogP contribution in [0.2, 0.25) is 0 Å². The summed E-state index contributed by atoms with van der Waals surface area (Å²) < 4.78 is 0. The normalized spacial score (nSPS) is 10.6. The number of allylic oxidation sites excluding steroid dienone is 3. The summed E-state index contributed by atoms with van der Waals surface area (Å²) in [4.78, 5) is 0. The van der Waals surface area contributed by atoms with Crippen molar-refractivity contribution in [3.63, 3.8) is 0 Å². The minimum atomic E-state index is 1.18. The van der Waals surface area contributed by atoms with E-state index in [1.165, 1.54) is 64.9 Å². The lowest BCUT2D eigenvalue weighted by atomic mass is 9.96. The molecule has 4 nitrogen and oxygen atoms in total. The summed E-state index contributed by atoms with van der Waals surface area (Å²) in [6.45, 7) is 6.73. The largest absolute Gasteiger partial charge is 0.333 e. The summed E-state index contributed by atoms with van der Waals surface area (Å²) in [6.07, 6.45) is 11.5. The zero-order valence-electron chi connectivity index (χ0n) is 13.4. The van der Waals surface area contributed by atoms with Gasteiger partial charge in [0.15, 0.2) is 0 Å². The molecule has 0 spiro atoms. The van der Waals surface area contributed by atoms with Gasteiger partial charge in [-0.2, -0.15) is 5.26 Å². The van der Waals surface area contributed by atoms with Gasteiger partial charge in [-0.15, -0.1) is 5.73 Å². The Bertz CT molecular complexity index is 273. The van der Waals surface area contributed by atoms with Crippen LogP contribution in [0.4, 0.5) is 0 Å². The lowest BCUT2D eigenvalue weighted by Crippen LogP contribution is -1.91. The van der Waals surface area contributed by atoms with E-state index >= 15 is 0 Å². The molecule has 0 amide bonds. The Balaban J connectivity index is -0.000000108. The zero-order valence-corrected chi connectivity index (χ0v) is 13.4. The highest BCUT2D eigenvalue weighted by Crippen LogP contribution is 2.21. The van der Waals surface area contributed by atoms with Crippen LogP contribution < -0.4 is 17.2 Å². The van der Waals surface area contributed by atoms with E-state index in [2.05, 4.69) is 36.1 Å². The molecule has 1 rings (SSSR count). The Hall–Kier alpha value is -1.63. The van der Waals surface area contributed by atoms with E-state index in [-0.39, 0.29) is 0 Å². The van der Waals surface area contributed by atoms with Crippen LogP contribution in [-0.2, 0) is 0 Å². The third-order valence-corrected chi connectivity index (χ3v) is 1.95. The molecule has 1 saturated carbocycles. The second-order valence-electron chi connectivity index (χ2n) is 3.04. The number of nitriles is 1. The van der Waals surface area contributed by atoms with E-state index in [9.17, 15) is 0 Å². The molecule has 0 aromatic rings. The van der Waals surface area contributed by atoms with Gasteiger partial charge < -0.3 is 17.2 Å². The second kappa shape index (κ2) is 36.0. The first-order chi connectivity index (χ1) is 9.85. The molecule has 20 heavy (non-hydrogen) atoms. The quantitative estimate of drug-likeness (QED) is 0.390. The van der Waals surface area contributed by atoms with Crippen molar-refractivity contribution >= 4 is 0 Å². The average molecular weight is 280 g/mol. The molecule has 0 saturated heterocycles. The SMILES string of the molecule is C=CC#N.C=CC=C=C1CCCCC1.CN.CN.CN. The highest BCUT2D eigenvalue weighted by Gasteiger charge is 2.02. The van der Waals surface area contributed by atoms with Crippen LogP contribution in [0.25, 0.3) is 0 Å². The summed E-state index contributed by atoms with van der Waals surface area (Å²) in [7, 11) is 4.50. The van der Waals surface area contributed by atoms with Crippen molar-refractivity contribution in [3.8, 4) is 6.07 Å². The van der Waals surface area contributed by atoms with Gasteiger partial charge in [-0.1, -0.05) is 25.7 Å². The fourth-order valence-electron chi connectivity index (χ4n) is 1.30.